The van der Waals surface area contributed by atoms with Crippen molar-refractivity contribution in [1.82, 2.24) is 0 Å². The maximum Gasteiger partial charge on any atom is 0.532 e. The fourth-order valence-corrected chi connectivity index (χ4v) is 1.84. The molecule has 0 bridgehead atoms. The van der Waals surface area contributed by atoms with E-state index in [0.717, 1.165) is 0 Å². The molecule has 1 rings (SSSR count). The Labute approximate surface area is 80.2 Å². The molecule has 0 aromatic heterocycles. The molecule has 0 fully saturated rings. The van der Waals surface area contributed by atoms with Crippen molar-refractivity contribution in [3.63, 3.8) is 0 Å². The lowest BCUT2D eigenvalue weighted by Crippen LogP contribution is -2.39. The van der Waals surface area contributed by atoms with Gasteiger partial charge in [-0.3, -0.25) is 30.3 Å². The molecule has 0 amide bonds. The van der Waals surface area contributed by atoms with Crippen LogP contribution in [-0.2, 0) is 0 Å². The molecule has 0 aromatic carbocycles. The number of nitrogens with zero attached hydrogens (tertiary/aromatic N) is 3. The van der Waals surface area contributed by atoms with Crippen LogP contribution in [-0.4, -0.2) is 25.5 Å². The summed E-state index contributed by atoms with van der Waals surface area (Å²) in [4.78, 5) is 25.3. The van der Waals surface area contributed by atoms with Crippen molar-refractivity contribution >= 4 is 11.8 Å². The van der Waals surface area contributed by atoms with E-state index in [1.165, 1.54) is 0 Å². The van der Waals surface area contributed by atoms with Gasteiger partial charge in [-0.25, -0.2) is 0 Å². The van der Waals surface area contributed by atoms with E-state index in [1.807, 2.05) is 0 Å². The number of hydrogen-bond donors (Lipinski definition) is 0. The predicted molar refractivity (Wildman–Crippen MR) is 44.3 cm³/mol. The van der Waals surface area contributed by atoms with Gasteiger partial charge in [-0.15, -0.1) is 0 Å². The maximum absolute atomic E-state index is 10.4. The summed E-state index contributed by atoms with van der Waals surface area (Å²) >= 11 is 0.310. The molecule has 0 atom stereocenters. The van der Waals surface area contributed by atoms with Crippen LogP contribution in [0.3, 0.4) is 0 Å². The van der Waals surface area contributed by atoms with Crippen molar-refractivity contribution in [2.24, 2.45) is 0 Å². The average molecular weight is 221 g/mol. The molecular formula is C4H3N3O6S. The third-order valence-corrected chi connectivity index (χ3v) is 2.83. The molecule has 0 radical (unpaired) electrons. The minimum Gasteiger partial charge on any atom is -0.259 e. The minimum atomic E-state index is -2.59. The summed E-state index contributed by atoms with van der Waals surface area (Å²) in [5.41, 5.74) is -0.511. The fraction of sp³-hybridized carbons (Fsp3) is 0.500. The SMILES string of the molecule is O=[N+]([O-])C1=CC([N+](=O)[O-])([N+](=O)[O-])SC1. The molecule has 0 saturated heterocycles. The van der Waals surface area contributed by atoms with Crippen LogP contribution >= 0.6 is 11.8 Å². The second-order valence-electron chi connectivity index (χ2n) is 2.35. The van der Waals surface area contributed by atoms with Gasteiger partial charge in [0.15, 0.2) is 6.08 Å². The summed E-state index contributed by atoms with van der Waals surface area (Å²) in [6.45, 7) is 0. The van der Waals surface area contributed by atoms with Crippen LogP contribution in [0.2, 0.25) is 0 Å². The molecule has 10 heteroatoms. The predicted octanol–water partition coefficient (Wildman–Crippen LogP) is 0.101. The molecule has 0 aliphatic carbocycles. The van der Waals surface area contributed by atoms with Gasteiger partial charge in [-0.1, -0.05) is 0 Å². The van der Waals surface area contributed by atoms with E-state index >= 15 is 0 Å². The van der Waals surface area contributed by atoms with Gasteiger partial charge < -0.3 is 0 Å². The molecule has 1 heterocycles. The van der Waals surface area contributed by atoms with E-state index in [2.05, 4.69) is 0 Å². The van der Waals surface area contributed by atoms with Crippen molar-refractivity contribution in [1.29, 1.82) is 0 Å². The van der Waals surface area contributed by atoms with Crippen LogP contribution in [0.1, 0.15) is 0 Å². The normalized spacial score (nSPS) is 18.7. The van der Waals surface area contributed by atoms with Crippen LogP contribution in [0, 0.1) is 30.3 Å². The number of rotatable bonds is 3. The van der Waals surface area contributed by atoms with Gasteiger partial charge in [0.05, 0.1) is 10.7 Å². The molecule has 14 heavy (non-hydrogen) atoms. The quantitative estimate of drug-likeness (QED) is 0.375. The largest absolute Gasteiger partial charge is 0.532 e. The number of hydrogen-bond acceptors (Lipinski definition) is 7. The van der Waals surface area contributed by atoms with Gasteiger partial charge in [-0.05, 0) is 0 Å². The molecule has 76 valence electrons. The molecule has 1 aliphatic heterocycles. The van der Waals surface area contributed by atoms with E-state index in [0.29, 0.717) is 17.8 Å². The summed E-state index contributed by atoms with van der Waals surface area (Å²) in [5, 5.41) is 31.0. The monoisotopic (exact) mass is 221 g/mol. The summed E-state index contributed by atoms with van der Waals surface area (Å²) in [5.74, 6) is -0.338. The van der Waals surface area contributed by atoms with Crippen LogP contribution < -0.4 is 0 Å². The maximum atomic E-state index is 10.4. The molecule has 0 unspecified atom stereocenters. The Morgan fingerprint density at radius 3 is 1.93 bits per heavy atom. The summed E-state index contributed by atoms with van der Waals surface area (Å²) < 4.78 is 0. The van der Waals surface area contributed by atoms with Crippen LogP contribution in [0.15, 0.2) is 11.8 Å². The number of thioether (sulfide) groups is 1. The highest BCUT2D eigenvalue weighted by Crippen LogP contribution is 2.37. The zero-order valence-electron chi connectivity index (χ0n) is 6.48. The summed E-state index contributed by atoms with van der Waals surface area (Å²) in [6, 6.07) is 0. The molecule has 9 nitrogen and oxygen atoms in total. The summed E-state index contributed by atoms with van der Waals surface area (Å²) in [6.07, 6.45) is 0.470. The summed E-state index contributed by atoms with van der Waals surface area (Å²) in [7, 11) is 0. The van der Waals surface area contributed by atoms with Crippen molar-refractivity contribution in [3.05, 3.63) is 42.1 Å². The Hall–Kier alpha value is -1.71. The highest BCUT2D eigenvalue weighted by atomic mass is 32.2. The van der Waals surface area contributed by atoms with Gasteiger partial charge in [0.25, 0.3) is 5.70 Å². The molecule has 1 aliphatic rings. The minimum absolute atomic E-state index is 0.310. The highest BCUT2D eigenvalue weighted by molar-refractivity contribution is 8.00. The third-order valence-electron chi connectivity index (χ3n) is 1.54. The fourth-order valence-electron chi connectivity index (χ4n) is 0.863. The first-order valence-electron chi connectivity index (χ1n) is 3.19. The average Bonchev–Trinajstić information content (AvgIpc) is 2.48. The van der Waals surface area contributed by atoms with Crippen LogP contribution in [0.25, 0.3) is 0 Å². The lowest BCUT2D eigenvalue weighted by molar-refractivity contribution is -0.746. The highest BCUT2D eigenvalue weighted by Gasteiger charge is 2.61. The first kappa shape index (κ1) is 10.4. The zero-order chi connectivity index (χ0) is 10.9. The second-order valence-corrected chi connectivity index (χ2v) is 3.53. The standard InChI is InChI=1S/C4H3N3O6S/c8-5(9)3-1-4(6(10)11,7(12)13)14-2-3/h1H,2H2. The van der Waals surface area contributed by atoms with E-state index in [9.17, 15) is 30.3 Å². The molecule has 0 saturated carbocycles. The third kappa shape index (κ3) is 1.39. The molecular weight excluding hydrogens is 218 g/mol. The van der Waals surface area contributed by atoms with E-state index in [-0.39, 0.29) is 5.75 Å². The number of nitro groups is 3. The smallest absolute Gasteiger partial charge is 0.259 e. The van der Waals surface area contributed by atoms with Gasteiger partial charge in [0.1, 0.15) is 9.85 Å². The topological polar surface area (TPSA) is 129 Å². The lowest BCUT2D eigenvalue weighted by atomic mass is 10.4. The van der Waals surface area contributed by atoms with Crippen LogP contribution in [0.5, 0.6) is 0 Å². The Morgan fingerprint density at radius 1 is 1.21 bits per heavy atom. The van der Waals surface area contributed by atoms with E-state index < -0.39 is 25.5 Å². The first-order chi connectivity index (χ1) is 6.40. The Kier molecular flexibility index (Phi) is 2.38. The van der Waals surface area contributed by atoms with Gasteiger partial charge in [0.2, 0.25) is 0 Å². The van der Waals surface area contributed by atoms with Crippen molar-refractivity contribution in [3.8, 4) is 0 Å². The van der Waals surface area contributed by atoms with Gasteiger partial charge >= 0.3 is 4.99 Å². The van der Waals surface area contributed by atoms with Crippen molar-refractivity contribution in [2.45, 2.75) is 4.99 Å². The Balaban J connectivity index is 3.12. The zero-order valence-corrected chi connectivity index (χ0v) is 7.30. The van der Waals surface area contributed by atoms with Crippen molar-refractivity contribution in [2.75, 3.05) is 5.75 Å². The molecule has 0 aromatic rings. The Bertz CT molecular complexity index is 337. The molecule has 0 spiro atoms. The van der Waals surface area contributed by atoms with Gasteiger partial charge in [-0.2, -0.15) is 0 Å². The Morgan fingerprint density at radius 2 is 1.71 bits per heavy atom. The lowest BCUT2D eigenvalue weighted by Gasteiger charge is -2.05. The van der Waals surface area contributed by atoms with Crippen LogP contribution in [0.4, 0.5) is 0 Å². The first-order valence-corrected chi connectivity index (χ1v) is 4.18. The molecule has 0 N–H and O–H groups in total. The van der Waals surface area contributed by atoms with Crippen molar-refractivity contribution < 1.29 is 14.8 Å². The van der Waals surface area contributed by atoms with E-state index in [1.54, 1.807) is 0 Å². The van der Waals surface area contributed by atoms with E-state index in [4.69, 9.17) is 0 Å². The van der Waals surface area contributed by atoms with Gasteiger partial charge in [0, 0.05) is 11.8 Å². The second kappa shape index (κ2) is 3.21.